The Morgan fingerprint density at radius 3 is 2.08 bits per heavy atom. The summed E-state index contributed by atoms with van der Waals surface area (Å²) in [5.74, 6) is 0.419. The van der Waals surface area contributed by atoms with Gasteiger partial charge in [-0.2, -0.15) is 0 Å². The van der Waals surface area contributed by atoms with Crippen molar-refractivity contribution < 1.29 is 14.0 Å². The second-order valence-corrected chi connectivity index (χ2v) is 13.6. The van der Waals surface area contributed by atoms with Crippen LogP contribution in [0.5, 0.6) is 0 Å². The van der Waals surface area contributed by atoms with Crippen LogP contribution in [0, 0.1) is 5.41 Å². The van der Waals surface area contributed by atoms with Crippen LogP contribution >= 0.6 is 0 Å². The van der Waals surface area contributed by atoms with Gasteiger partial charge in [-0.1, -0.05) is 40.2 Å². The molecule has 0 amide bonds. The van der Waals surface area contributed by atoms with Gasteiger partial charge in [0.2, 0.25) is 0 Å². The lowest BCUT2D eigenvalue weighted by Crippen LogP contribution is -2.40. The normalized spacial score (nSPS) is 14.3. The van der Waals surface area contributed by atoms with Gasteiger partial charge in [0.15, 0.2) is 8.32 Å². The van der Waals surface area contributed by atoms with Crippen molar-refractivity contribution in [2.24, 2.45) is 5.41 Å². The molecule has 0 saturated carbocycles. The van der Waals surface area contributed by atoms with Gasteiger partial charge in [-0.25, -0.2) is 0 Å². The molecule has 0 aliphatic rings. The van der Waals surface area contributed by atoms with Gasteiger partial charge in [-0.15, -0.1) is 0 Å². The fraction of sp³-hybridized carbons (Fsp3) is 0.750. The van der Waals surface area contributed by atoms with Crippen LogP contribution in [0.4, 0.5) is 0 Å². The molecule has 140 valence electrons. The first-order chi connectivity index (χ1) is 10.8. The fourth-order valence-electron chi connectivity index (χ4n) is 1.50. The van der Waals surface area contributed by atoms with E-state index in [1.807, 2.05) is 32.9 Å². The number of hydrogen-bond donors (Lipinski definition) is 0. The first kappa shape index (κ1) is 23.1. The van der Waals surface area contributed by atoms with Gasteiger partial charge >= 0.3 is 5.97 Å². The summed E-state index contributed by atoms with van der Waals surface area (Å²) in [6, 6.07) is 0. The molecule has 0 unspecified atom stereocenters. The van der Waals surface area contributed by atoms with Crippen molar-refractivity contribution in [1.82, 2.24) is 0 Å². The monoisotopic (exact) mass is 354 g/mol. The van der Waals surface area contributed by atoms with E-state index in [1.54, 1.807) is 0 Å². The molecule has 0 fully saturated rings. The number of rotatable bonds is 8. The van der Waals surface area contributed by atoms with E-state index in [1.165, 1.54) is 0 Å². The van der Waals surface area contributed by atoms with Gasteiger partial charge in [-0.05, 0) is 63.9 Å². The predicted octanol–water partition coefficient (Wildman–Crippen LogP) is 6.23. The van der Waals surface area contributed by atoms with Crippen LogP contribution in [0.25, 0.3) is 0 Å². The summed E-state index contributed by atoms with van der Waals surface area (Å²) in [6.45, 7) is 19.6. The zero-order valence-corrected chi connectivity index (χ0v) is 18.3. The lowest BCUT2D eigenvalue weighted by Gasteiger charge is -2.36. The van der Waals surface area contributed by atoms with Crippen LogP contribution in [0.2, 0.25) is 18.1 Å². The topological polar surface area (TPSA) is 35.5 Å². The molecule has 0 aromatic rings. The van der Waals surface area contributed by atoms with Gasteiger partial charge < -0.3 is 9.16 Å². The van der Waals surface area contributed by atoms with Crippen LogP contribution in [-0.2, 0) is 14.0 Å². The minimum Gasteiger partial charge on any atom is -0.426 e. The first-order valence-electron chi connectivity index (χ1n) is 9.04. The lowest BCUT2D eigenvalue weighted by molar-refractivity contribution is -0.148. The standard InChI is InChI=1S/C20H38O3Si/c1-10-11-12-14-17(23-18(21)19(2,3)4)15-13-16-22-24(8,9)20(5,6)7/h12,14-15H,10-11,13,16H2,1-9H3/b14-12+,17-15-. The molecule has 0 aromatic carbocycles. The van der Waals surface area contributed by atoms with E-state index in [2.05, 4.69) is 46.9 Å². The Labute approximate surface area is 150 Å². The molecule has 0 N–H and O–H groups in total. The molecule has 0 saturated heterocycles. The quantitative estimate of drug-likeness (QED) is 0.170. The van der Waals surface area contributed by atoms with Crippen LogP contribution in [0.1, 0.15) is 67.7 Å². The molecule has 0 aliphatic heterocycles. The Hall–Kier alpha value is -0.873. The second kappa shape index (κ2) is 9.57. The Balaban J connectivity index is 4.80. The molecule has 0 spiro atoms. The van der Waals surface area contributed by atoms with Gasteiger partial charge in [0.1, 0.15) is 5.76 Å². The number of allylic oxidation sites excluding steroid dienone is 2. The second-order valence-electron chi connectivity index (χ2n) is 8.83. The molecule has 24 heavy (non-hydrogen) atoms. The molecule has 0 radical (unpaired) electrons. The molecule has 0 bridgehead atoms. The number of carbonyl (C=O) groups is 1. The van der Waals surface area contributed by atoms with E-state index in [0.29, 0.717) is 12.4 Å². The van der Waals surface area contributed by atoms with Crippen molar-refractivity contribution >= 4 is 14.3 Å². The molecular formula is C20H38O3Si. The van der Waals surface area contributed by atoms with E-state index in [0.717, 1.165) is 19.3 Å². The largest absolute Gasteiger partial charge is 0.426 e. The van der Waals surface area contributed by atoms with Crippen LogP contribution in [-0.4, -0.2) is 20.9 Å². The van der Waals surface area contributed by atoms with Crippen molar-refractivity contribution in [3.8, 4) is 0 Å². The summed E-state index contributed by atoms with van der Waals surface area (Å²) in [6.07, 6.45) is 8.71. The molecule has 0 atom stereocenters. The maximum absolute atomic E-state index is 12.1. The Morgan fingerprint density at radius 1 is 1.04 bits per heavy atom. The highest BCUT2D eigenvalue weighted by molar-refractivity contribution is 6.74. The number of hydrogen-bond acceptors (Lipinski definition) is 3. The number of ether oxygens (including phenoxy) is 1. The Bertz CT molecular complexity index is 448. The average Bonchev–Trinajstić information content (AvgIpc) is 2.41. The maximum atomic E-state index is 12.1. The van der Waals surface area contributed by atoms with Crippen molar-refractivity contribution in [3.63, 3.8) is 0 Å². The molecule has 4 heteroatoms. The SMILES string of the molecule is CCC/C=C/C(=C/CCO[Si](C)(C)C(C)(C)C)OC(=O)C(C)(C)C. The lowest BCUT2D eigenvalue weighted by atomic mass is 9.97. The van der Waals surface area contributed by atoms with E-state index in [-0.39, 0.29) is 11.0 Å². The molecule has 0 rings (SSSR count). The highest BCUT2D eigenvalue weighted by Gasteiger charge is 2.36. The van der Waals surface area contributed by atoms with E-state index in [9.17, 15) is 4.79 Å². The summed E-state index contributed by atoms with van der Waals surface area (Å²) in [7, 11) is -1.73. The highest BCUT2D eigenvalue weighted by atomic mass is 28.4. The predicted molar refractivity (Wildman–Crippen MR) is 105 cm³/mol. The number of unbranched alkanes of at least 4 members (excludes halogenated alkanes) is 1. The molecule has 0 heterocycles. The molecule has 0 aliphatic carbocycles. The summed E-state index contributed by atoms with van der Waals surface area (Å²) in [5, 5.41) is 0.208. The molecule has 0 aromatic heterocycles. The van der Waals surface area contributed by atoms with Crippen molar-refractivity contribution in [3.05, 3.63) is 24.0 Å². The minimum absolute atomic E-state index is 0.208. The molecule has 3 nitrogen and oxygen atoms in total. The van der Waals surface area contributed by atoms with Crippen molar-refractivity contribution in [2.45, 2.75) is 85.9 Å². The summed E-state index contributed by atoms with van der Waals surface area (Å²) < 4.78 is 11.7. The first-order valence-corrected chi connectivity index (χ1v) is 11.9. The van der Waals surface area contributed by atoms with Crippen LogP contribution < -0.4 is 0 Å². The van der Waals surface area contributed by atoms with Gasteiger partial charge in [0.25, 0.3) is 0 Å². The van der Waals surface area contributed by atoms with Gasteiger partial charge in [0, 0.05) is 6.61 Å². The maximum Gasteiger partial charge on any atom is 0.316 e. The average molecular weight is 355 g/mol. The number of esters is 1. The third-order valence-corrected chi connectivity index (χ3v) is 8.83. The third kappa shape index (κ3) is 8.83. The van der Waals surface area contributed by atoms with Crippen molar-refractivity contribution in [2.75, 3.05) is 6.61 Å². The Kier molecular flexibility index (Phi) is 9.22. The van der Waals surface area contributed by atoms with Gasteiger partial charge in [-0.3, -0.25) is 4.79 Å². The number of carbonyl (C=O) groups excluding carboxylic acids is 1. The highest BCUT2D eigenvalue weighted by Crippen LogP contribution is 2.36. The summed E-state index contributed by atoms with van der Waals surface area (Å²) >= 11 is 0. The Morgan fingerprint density at radius 2 is 1.62 bits per heavy atom. The smallest absolute Gasteiger partial charge is 0.316 e. The third-order valence-electron chi connectivity index (χ3n) is 4.29. The van der Waals surface area contributed by atoms with E-state index >= 15 is 0 Å². The minimum atomic E-state index is -1.73. The molecular weight excluding hydrogens is 316 g/mol. The summed E-state index contributed by atoms with van der Waals surface area (Å²) in [5.41, 5.74) is -0.505. The zero-order chi connectivity index (χ0) is 19.0. The van der Waals surface area contributed by atoms with Gasteiger partial charge in [0.05, 0.1) is 5.41 Å². The zero-order valence-electron chi connectivity index (χ0n) is 17.3. The van der Waals surface area contributed by atoms with Crippen molar-refractivity contribution in [1.29, 1.82) is 0 Å². The fourth-order valence-corrected chi connectivity index (χ4v) is 2.56. The van der Waals surface area contributed by atoms with Crippen LogP contribution in [0.3, 0.4) is 0 Å². The van der Waals surface area contributed by atoms with Crippen LogP contribution in [0.15, 0.2) is 24.0 Å². The van der Waals surface area contributed by atoms with E-state index in [4.69, 9.17) is 9.16 Å². The summed E-state index contributed by atoms with van der Waals surface area (Å²) in [4.78, 5) is 12.1. The van der Waals surface area contributed by atoms with E-state index < -0.39 is 13.7 Å².